The maximum atomic E-state index is 16.0. The molecule has 0 aromatic rings. The number of likely N-dealkylation sites (tertiary alicyclic amines) is 1. The Morgan fingerprint density at radius 1 is 1.03 bits per heavy atom. The van der Waals surface area contributed by atoms with Crippen LogP contribution in [-0.2, 0) is 29.5 Å². The summed E-state index contributed by atoms with van der Waals surface area (Å²) in [6.07, 6.45) is 3.03. The molecule has 0 bridgehead atoms. The van der Waals surface area contributed by atoms with Gasteiger partial charge in [-0.25, -0.2) is 25.6 Å². The number of rotatable bonds is 8. The highest BCUT2D eigenvalue weighted by Gasteiger charge is 2.53. The third-order valence-electron chi connectivity index (χ3n) is 6.29. The monoisotopic (exact) mass is 578 g/mol. The molecule has 0 spiro atoms. The summed E-state index contributed by atoms with van der Waals surface area (Å²) >= 11 is 0. The van der Waals surface area contributed by atoms with Crippen LogP contribution in [0.15, 0.2) is 34.3 Å². The van der Waals surface area contributed by atoms with Gasteiger partial charge in [0.1, 0.15) is 11.0 Å². The van der Waals surface area contributed by atoms with E-state index in [0.717, 1.165) is 6.42 Å². The van der Waals surface area contributed by atoms with Gasteiger partial charge in [-0.15, -0.1) is 0 Å². The first-order valence-electron chi connectivity index (χ1n) is 12.1. The Balaban J connectivity index is 2.20. The van der Waals surface area contributed by atoms with Crippen molar-refractivity contribution in [3.63, 3.8) is 0 Å². The highest BCUT2D eigenvalue weighted by atomic mass is 32.3. The van der Waals surface area contributed by atoms with Crippen molar-refractivity contribution in [2.75, 3.05) is 19.7 Å². The molecule has 0 aromatic carbocycles. The van der Waals surface area contributed by atoms with Gasteiger partial charge in [0.05, 0.1) is 11.8 Å². The molecule has 3 unspecified atom stereocenters. The van der Waals surface area contributed by atoms with Gasteiger partial charge < -0.3 is 14.4 Å². The van der Waals surface area contributed by atoms with E-state index < -0.39 is 66.1 Å². The Morgan fingerprint density at radius 3 is 2.30 bits per heavy atom. The zero-order valence-corrected chi connectivity index (χ0v) is 21.9. The number of sulfonamides is 2. The SMILES string of the molecule is CCOC1C(S(=O)(=O)NS(=O)(=O)C(F)(F)F)=C(OC2CC/C=C\CCC2)C(F)=C(N2CCCCC2)C1F. The quantitative estimate of drug-likeness (QED) is 0.339. The second kappa shape index (κ2) is 12.0. The lowest BCUT2D eigenvalue weighted by atomic mass is 9.99. The molecule has 3 atom stereocenters. The highest BCUT2D eigenvalue weighted by Crippen LogP contribution is 2.42. The first-order valence-corrected chi connectivity index (χ1v) is 15.1. The molecule has 1 saturated heterocycles. The Morgan fingerprint density at radius 2 is 1.68 bits per heavy atom. The van der Waals surface area contributed by atoms with Crippen LogP contribution in [0.1, 0.15) is 58.3 Å². The molecule has 8 nitrogen and oxygen atoms in total. The van der Waals surface area contributed by atoms with Gasteiger partial charge in [0.15, 0.2) is 17.8 Å². The van der Waals surface area contributed by atoms with Crippen LogP contribution >= 0.6 is 0 Å². The summed E-state index contributed by atoms with van der Waals surface area (Å²) in [5.74, 6) is -2.42. The van der Waals surface area contributed by atoms with E-state index in [1.165, 1.54) is 11.8 Å². The summed E-state index contributed by atoms with van der Waals surface area (Å²) in [6, 6.07) is 0. The van der Waals surface area contributed by atoms with Crippen LogP contribution in [0.5, 0.6) is 0 Å². The van der Waals surface area contributed by atoms with Crippen LogP contribution < -0.4 is 4.13 Å². The average molecular weight is 579 g/mol. The maximum absolute atomic E-state index is 16.0. The van der Waals surface area contributed by atoms with E-state index in [4.69, 9.17) is 9.47 Å². The number of ether oxygens (including phenoxy) is 2. The number of hydrogen-bond acceptors (Lipinski definition) is 7. The molecule has 1 N–H and O–H groups in total. The number of hydrogen-bond donors (Lipinski definition) is 1. The fraction of sp³-hybridized carbons (Fsp3) is 0.727. The lowest BCUT2D eigenvalue weighted by Crippen LogP contribution is -2.48. The lowest BCUT2D eigenvalue weighted by Gasteiger charge is -2.39. The number of allylic oxidation sites excluding steroid dienone is 3. The summed E-state index contributed by atoms with van der Waals surface area (Å²) in [7, 11) is -12.1. The molecule has 0 saturated carbocycles. The molecule has 212 valence electrons. The van der Waals surface area contributed by atoms with E-state index in [-0.39, 0.29) is 19.7 Å². The van der Waals surface area contributed by atoms with E-state index >= 15 is 8.78 Å². The number of halogens is 5. The van der Waals surface area contributed by atoms with E-state index in [1.54, 1.807) is 0 Å². The van der Waals surface area contributed by atoms with Crippen LogP contribution in [0.2, 0.25) is 0 Å². The zero-order chi connectivity index (χ0) is 27.4. The fourth-order valence-electron chi connectivity index (χ4n) is 4.57. The summed E-state index contributed by atoms with van der Waals surface area (Å²) in [4.78, 5) is 0.0498. The lowest BCUT2D eigenvalue weighted by molar-refractivity contribution is -0.0441. The molecule has 2 aliphatic carbocycles. The summed E-state index contributed by atoms with van der Waals surface area (Å²) < 4.78 is 132. The number of alkyl halides is 4. The number of nitrogens with one attached hydrogen (secondary N) is 1. The molecule has 37 heavy (non-hydrogen) atoms. The van der Waals surface area contributed by atoms with Gasteiger partial charge in [-0.05, 0) is 58.3 Å². The van der Waals surface area contributed by atoms with Gasteiger partial charge in [0.25, 0.3) is 10.0 Å². The molecular weight excluding hydrogens is 547 g/mol. The van der Waals surface area contributed by atoms with Gasteiger partial charge in [0, 0.05) is 19.7 Å². The largest absolute Gasteiger partial charge is 0.512 e. The van der Waals surface area contributed by atoms with Crippen molar-refractivity contribution in [2.24, 2.45) is 0 Å². The normalized spacial score (nSPS) is 27.6. The predicted molar refractivity (Wildman–Crippen MR) is 125 cm³/mol. The van der Waals surface area contributed by atoms with Crippen molar-refractivity contribution in [3.05, 3.63) is 34.3 Å². The topological polar surface area (TPSA) is 102 Å². The second-order valence-electron chi connectivity index (χ2n) is 8.97. The summed E-state index contributed by atoms with van der Waals surface area (Å²) in [5.41, 5.74) is -6.51. The van der Waals surface area contributed by atoms with Crippen molar-refractivity contribution in [1.29, 1.82) is 0 Å². The maximum Gasteiger partial charge on any atom is 0.512 e. The minimum absolute atomic E-state index is 0.270. The average Bonchev–Trinajstić information content (AvgIpc) is 2.77. The van der Waals surface area contributed by atoms with E-state index in [9.17, 15) is 30.0 Å². The molecule has 1 fully saturated rings. The van der Waals surface area contributed by atoms with Crippen LogP contribution in [0.25, 0.3) is 0 Å². The van der Waals surface area contributed by atoms with Crippen LogP contribution in [0.4, 0.5) is 22.0 Å². The molecule has 0 amide bonds. The summed E-state index contributed by atoms with van der Waals surface area (Å²) in [6.45, 7) is 1.62. The number of piperidine rings is 1. The Kier molecular flexibility index (Phi) is 9.67. The summed E-state index contributed by atoms with van der Waals surface area (Å²) in [5, 5.41) is 0. The van der Waals surface area contributed by atoms with Crippen molar-refractivity contribution in [1.82, 2.24) is 9.03 Å². The van der Waals surface area contributed by atoms with Crippen LogP contribution in [0.3, 0.4) is 0 Å². The smallest absolute Gasteiger partial charge is 0.486 e. The van der Waals surface area contributed by atoms with Crippen molar-refractivity contribution < 1.29 is 48.3 Å². The third kappa shape index (κ3) is 6.84. The standard InChI is InChI=1S/C22H31F5N2O6S2/c1-2-34-19-16(23)18(29-13-9-6-10-14-29)17(24)20(35-15-11-7-4-3-5-8-12-15)21(19)36(30,31)28-37(32,33)22(25,26)27/h3-4,15-16,19,28H,2,5-14H2,1H3/b4-3-. The van der Waals surface area contributed by atoms with E-state index in [0.29, 0.717) is 49.1 Å². The van der Waals surface area contributed by atoms with Crippen molar-refractivity contribution in [3.8, 4) is 0 Å². The van der Waals surface area contributed by atoms with Gasteiger partial charge >= 0.3 is 15.5 Å². The molecule has 3 rings (SSSR count). The van der Waals surface area contributed by atoms with Gasteiger partial charge in [-0.2, -0.15) is 13.2 Å². The second-order valence-corrected chi connectivity index (χ2v) is 12.6. The molecular formula is C22H31F5N2O6S2. The molecule has 1 heterocycles. The van der Waals surface area contributed by atoms with E-state index in [1.807, 2.05) is 12.2 Å². The Bertz CT molecular complexity index is 1130. The number of nitrogens with zero attached hydrogens (tertiary/aromatic N) is 1. The van der Waals surface area contributed by atoms with Crippen molar-refractivity contribution >= 4 is 20.0 Å². The molecule has 0 aromatic heterocycles. The highest BCUT2D eigenvalue weighted by molar-refractivity contribution is 8.07. The third-order valence-corrected chi connectivity index (χ3v) is 9.65. The molecule has 15 heteroatoms. The Hall–Kier alpha value is -1.71. The zero-order valence-electron chi connectivity index (χ0n) is 20.3. The fourth-order valence-corrected chi connectivity index (χ4v) is 7.34. The van der Waals surface area contributed by atoms with E-state index in [2.05, 4.69) is 0 Å². The minimum atomic E-state index is -6.44. The van der Waals surface area contributed by atoms with Crippen LogP contribution in [-0.4, -0.2) is 65.3 Å². The predicted octanol–water partition coefficient (Wildman–Crippen LogP) is 4.30. The molecule has 0 radical (unpaired) electrons. The van der Waals surface area contributed by atoms with Crippen molar-refractivity contribution in [2.45, 2.75) is 82.2 Å². The van der Waals surface area contributed by atoms with Crippen LogP contribution in [0, 0.1) is 0 Å². The first kappa shape index (κ1) is 29.8. The minimum Gasteiger partial charge on any atom is -0.486 e. The first-order chi connectivity index (χ1) is 17.3. The van der Waals surface area contributed by atoms with Gasteiger partial charge in [-0.1, -0.05) is 16.3 Å². The Labute approximate surface area is 213 Å². The van der Waals surface area contributed by atoms with Gasteiger partial charge in [-0.3, -0.25) is 0 Å². The van der Waals surface area contributed by atoms with Gasteiger partial charge in [0.2, 0.25) is 0 Å². The molecule has 3 aliphatic rings. The molecule has 1 aliphatic heterocycles.